The molecule has 0 aliphatic rings. The second-order valence-corrected chi connectivity index (χ2v) is 4.33. The van der Waals surface area contributed by atoms with Gasteiger partial charge in [-0.05, 0) is 19.1 Å². The highest BCUT2D eigenvalue weighted by molar-refractivity contribution is 5.86. The maximum Gasteiger partial charge on any atom is 0.417 e. The molecule has 3 aromatic rings. The number of nitrogens with zero attached hydrogens (tertiary/aromatic N) is 3. The number of amides is 1. The predicted octanol–water partition coefficient (Wildman–Crippen LogP) is 2.79. The van der Waals surface area contributed by atoms with Crippen molar-refractivity contribution in [2.24, 2.45) is 0 Å². The van der Waals surface area contributed by atoms with Crippen molar-refractivity contribution >= 4 is 17.4 Å². The third-order valence-electron chi connectivity index (χ3n) is 2.69. The van der Waals surface area contributed by atoms with E-state index in [1.165, 1.54) is 10.7 Å². The van der Waals surface area contributed by atoms with Crippen molar-refractivity contribution < 1.29 is 13.9 Å². The van der Waals surface area contributed by atoms with Crippen LogP contribution in [0.5, 0.6) is 5.75 Å². The first kappa shape index (κ1) is 13.0. The molecule has 0 saturated heterocycles. The lowest BCUT2D eigenvalue weighted by atomic mass is 10.3. The van der Waals surface area contributed by atoms with Gasteiger partial charge in [-0.3, -0.25) is 5.32 Å². The number of hydrogen-bond donors (Lipinski definition) is 1. The van der Waals surface area contributed by atoms with E-state index in [2.05, 4.69) is 15.4 Å². The number of para-hydroxylation sites is 1. The number of fused-ring (bicyclic) bond motifs is 1. The molecule has 0 radical (unpaired) electrons. The number of pyridine rings is 1. The lowest BCUT2D eigenvalue weighted by molar-refractivity contribution is 0.215. The fourth-order valence-corrected chi connectivity index (χ4v) is 1.86. The monoisotopic (exact) mass is 286 g/mol. The molecule has 1 aromatic carbocycles. The lowest BCUT2D eigenvalue weighted by Crippen LogP contribution is -2.17. The Bertz CT molecular complexity index is 801. The quantitative estimate of drug-likeness (QED) is 0.786. The summed E-state index contributed by atoms with van der Waals surface area (Å²) in [7, 11) is 0. The number of carbonyl (C=O) groups excluding carboxylic acids is 1. The van der Waals surface area contributed by atoms with Gasteiger partial charge in [0.2, 0.25) is 0 Å². The van der Waals surface area contributed by atoms with E-state index in [1.54, 1.807) is 37.3 Å². The average molecular weight is 286 g/mol. The van der Waals surface area contributed by atoms with Crippen molar-refractivity contribution in [2.45, 2.75) is 6.92 Å². The highest BCUT2D eigenvalue weighted by atomic mass is 19.1. The molecule has 2 heterocycles. The zero-order chi connectivity index (χ0) is 14.8. The Balaban J connectivity index is 1.80. The Labute approximate surface area is 119 Å². The van der Waals surface area contributed by atoms with Gasteiger partial charge < -0.3 is 4.74 Å². The van der Waals surface area contributed by atoms with Gasteiger partial charge in [0, 0.05) is 6.07 Å². The highest BCUT2D eigenvalue weighted by Gasteiger charge is 2.11. The Kier molecular flexibility index (Phi) is 3.23. The van der Waals surface area contributed by atoms with E-state index < -0.39 is 11.9 Å². The molecule has 106 valence electrons. The highest BCUT2D eigenvalue weighted by Crippen LogP contribution is 2.15. The number of aryl methyl sites for hydroxylation is 1. The molecule has 0 bridgehead atoms. The zero-order valence-electron chi connectivity index (χ0n) is 11.1. The van der Waals surface area contributed by atoms with Crippen molar-refractivity contribution in [1.29, 1.82) is 0 Å². The topological polar surface area (TPSA) is 68.5 Å². The Morgan fingerprint density at radius 1 is 1.33 bits per heavy atom. The zero-order valence-corrected chi connectivity index (χ0v) is 11.1. The molecule has 6 nitrogen and oxygen atoms in total. The summed E-state index contributed by atoms with van der Waals surface area (Å²) < 4.78 is 20.1. The standard InChI is InChI=1S/C14H11FN4O2/c1-9-16-13-12(15)7-10(8-19(13)18-9)17-14(20)21-11-5-3-2-4-6-11/h2-8H,1H3,(H,17,20). The summed E-state index contributed by atoms with van der Waals surface area (Å²) in [5, 5.41) is 6.44. The van der Waals surface area contributed by atoms with Crippen molar-refractivity contribution in [1.82, 2.24) is 14.6 Å². The van der Waals surface area contributed by atoms with Gasteiger partial charge in [0.1, 0.15) is 11.6 Å². The third-order valence-corrected chi connectivity index (χ3v) is 2.69. The van der Waals surface area contributed by atoms with Gasteiger partial charge in [-0.25, -0.2) is 18.7 Å². The van der Waals surface area contributed by atoms with Crippen LogP contribution in [0, 0.1) is 12.7 Å². The van der Waals surface area contributed by atoms with Crippen LogP contribution < -0.4 is 10.1 Å². The van der Waals surface area contributed by atoms with Gasteiger partial charge in [-0.1, -0.05) is 18.2 Å². The fourth-order valence-electron chi connectivity index (χ4n) is 1.86. The van der Waals surface area contributed by atoms with E-state index in [9.17, 15) is 9.18 Å². The second-order valence-electron chi connectivity index (χ2n) is 4.33. The van der Waals surface area contributed by atoms with Gasteiger partial charge in [-0.15, -0.1) is 0 Å². The third kappa shape index (κ3) is 2.81. The number of nitrogens with one attached hydrogen (secondary N) is 1. The van der Waals surface area contributed by atoms with Crippen LogP contribution >= 0.6 is 0 Å². The van der Waals surface area contributed by atoms with Gasteiger partial charge in [0.25, 0.3) is 0 Å². The van der Waals surface area contributed by atoms with Crippen LogP contribution in [-0.4, -0.2) is 20.7 Å². The van der Waals surface area contributed by atoms with Crippen LogP contribution in [0.1, 0.15) is 5.82 Å². The number of rotatable bonds is 2. The van der Waals surface area contributed by atoms with Gasteiger partial charge >= 0.3 is 6.09 Å². The van der Waals surface area contributed by atoms with E-state index in [0.29, 0.717) is 11.6 Å². The molecule has 0 saturated carbocycles. The second kappa shape index (κ2) is 5.20. The molecule has 0 spiro atoms. The van der Waals surface area contributed by atoms with Crippen molar-refractivity contribution in [3.63, 3.8) is 0 Å². The minimum Gasteiger partial charge on any atom is -0.410 e. The van der Waals surface area contributed by atoms with E-state index in [1.807, 2.05) is 0 Å². The van der Waals surface area contributed by atoms with Crippen LogP contribution in [-0.2, 0) is 0 Å². The van der Waals surface area contributed by atoms with Gasteiger partial charge in [0.15, 0.2) is 11.5 Å². The molecule has 3 rings (SSSR count). The molecular formula is C14H11FN4O2. The fraction of sp³-hybridized carbons (Fsp3) is 0.0714. The van der Waals surface area contributed by atoms with Crippen LogP contribution in [0.2, 0.25) is 0 Å². The number of benzene rings is 1. The molecule has 0 aliphatic carbocycles. The van der Waals surface area contributed by atoms with E-state index in [4.69, 9.17) is 4.74 Å². The predicted molar refractivity (Wildman–Crippen MR) is 73.8 cm³/mol. The molecule has 0 fully saturated rings. The summed E-state index contributed by atoms with van der Waals surface area (Å²) in [6.07, 6.45) is 0.752. The smallest absolute Gasteiger partial charge is 0.410 e. The van der Waals surface area contributed by atoms with Crippen LogP contribution in [0.15, 0.2) is 42.6 Å². The normalized spacial score (nSPS) is 10.6. The Hall–Kier alpha value is -2.96. The Morgan fingerprint density at radius 3 is 2.86 bits per heavy atom. The summed E-state index contributed by atoms with van der Waals surface area (Å²) in [6.45, 7) is 1.66. The largest absolute Gasteiger partial charge is 0.417 e. The van der Waals surface area contributed by atoms with Crippen LogP contribution in [0.4, 0.5) is 14.9 Å². The summed E-state index contributed by atoms with van der Waals surface area (Å²) in [4.78, 5) is 15.7. The maximum absolute atomic E-state index is 13.8. The van der Waals surface area contributed by atoms with Crippen LogP contribution in [0.25, 0.3) is 5.65 Å². The van der Waals surface area contributed by atoms with Crippen LogP contribution in [0.3, 0.4) is 0 Å². The molecule has 0 atom stereocenters. The molecule has 0 unspecified atom stereocenters. The molecule has 1 amide bonds. The van der Waals surface area contributed by atoms with Gasteiger partial charge in [0.05, 0.1) is 11.9 Å². The van der Waals surface area contributed by atoms with E-state index >= 15 is 0 Å². The minimum absolute atomic E-state index is 0.106. The first-order valence-corrected chi connectivity index (χ1v) is 6.18. The van der Waals surface area contributed by atoms with Crippen molar-refractivity contribution in [2.75, 3.05) is 5.32 Å². The number of aromatic nitrogens is 3. The lowest BCUT2D eigenvalue weighted by Gasteiger charge is -2.06. The number of hydrogen-bond acceptors (Lipinski definition) is 4. The molecule has 1 N–H and O–H groups in total. The Morgan fingerprint density at radius 2 is 2.10 bits per heavy atom. The minimum atomic E-state index is -0.711. The number of carbonyl (C=O) groups is 1. The first-order chi connectivity index (χ1) is 10.1. The maximum atomic E-state index is 13.8. The molecule has 2 aromatic heterocycles. The average Bonchev–Trinajstić information content (AvgIpc) is 2.81. The summed E-state index contributed by atoms with van der Waals surface area (Å²) in [5.41, 5.74) is 0.334. The number of halogens is 1. The summed E-state index contributed by atoms with van der Waals surface area (Å²) in [5.74, 6) is 0.263. The molecule has 7 heteroatoms. The van der Waals surface area contributed by atoms with E-state index in [-0.39, 0.29) is 11.3 Å². The molecule has 0 aliphatic heterocycles. The van der Waals surface area contributed by atoms with Gasteiger partial charge in [-0.2, -0.15) is 5.10 Å². The molecule has 21 heavy (non-hydrogen) atoms. The first-order valence-electron chi connectivity index (χ1n) is 6.18. The van der Waals surface area contributed by atoms with E-state index in [0.717, 1.165) is 6.07 Å². The molecular weight excluding hydrogens is 275 g/mol. The summed E-state index contributed by atoms with van der Waals surface area (Å²) >= 11 is 0. The number of anilines is 1. The van der Waals surface area contributed by atoms with Crippen molar-refractivity contribution in [3.8, 4) is 5.75 Å². The SMILES string of the molecule is Cc1nc2c(F)cc(NC(=O)Oc3ccccc3)cn2n1. The summed E-state index contributed by atoms with van der Waals surface area (Å²) in [6, 6.07) is 9.74. The number of ether oxygens (including phenoxy) is 1. The van der Waals surface area contributed by atoms with Crippen molar-refractivity contribution in [3.05, 3.63) is 54.2 Å².